The number of rotatable bonds is 2. The third-order valence-electron chi connectivity index (χ3n) is 2.12. The lowest BCUT2D eigenvalue weighted by Gasteiger charge is -2.39. The molecule has 1 heterocycles. The maximum Gasteiger partial charge on any atom is 0.364 e. The molecule has 0 aromatic carbocycles. The summed E-state index contributed by atoms with van der Waals surface area (Å²) in [4.78, 5) is 10.5. The maximum atomic E-state index is 10.5. The molecular formula is C7H12O7. The van der Waals surface area contributed by atoms with Crippen molar-refractivity contribution in [1.29, 1.82) is 0 Å². The van der Waals surface area contributed by atoms with E-state index in [1.165, 1.54) is 0 Å². The fourth-order valence-electron chi connectivity index (χ4n) is 1.30. The predicted molar refractivity (Wildman–Crippen MR) is 41.2 cm³/mol. The second kappa shape index (κ2) is 3.79. The summed E-state index contributed by atoms with van der Waals surface area (Å²) in [7, 11) is 0. The molecule has 1 rings (SSSR count). The van der Waals surface area contributed by atoms with E-state index in [0.717, 1.165) is 0 Å². The Morgan fingerprint density at radius 1 is 1.50 bits per heavy atom. The van der Waals surface area contributed by atoms with Crippen molar-refractivity contribution in [2.45, 2.75) is 30.5 Å². The van der Waals surface area contributed by atoms with Crippen LogP contribution in [-0.4, -0.2) is 62.2 Å². The van der Waals surface area contributed by atoms with Crippen LogP contribution in [0.4, 0.5) is 0 Å². The molecule has 1 fully saturated rings. The molecule has 7 nitrogen and oxygen atoms in total. The van der Waals surface area contributed by atoms with Gasteiger partial charge >= 0.3 is 5.97 Å². The summed E-state index contributed by atoms with van der Waals surface area (Å²) in [6.07, 6.45) is -4.79. The van der Waals surface area contributed by atoms with E-state index >= 15 is 0 Å². The number of carbonyl (C=O) groups is 1. The largest absolute Gasteiger partial charge is 0.477 e. The van der Waals surface area contributed by atoms with Crippen molar-refractivity contribution in [3.05, 3.63) is 0 Å². The zero-order valence-corrected chi connectivity index (χ0v) is 7.20. The second-order valence-corrected chi connectivity index (χ2v) is 3.19. The molecular weight excluding hydrogens is 196 g/mol. The summed E-state index contributed by atoms with van der Waals surface area (Å²) in [6, 6.07) is 0. The SMILES string of the molecule is O=C(O)[C@@]1(O)CC(O)[C@H](O)C(CO)O1. The number of ether oxygens (including phenoxy) is 1. The van der Waals surface area contributed by atoms with Crippen molar-refractivity contribution >= 4 is 5.97 Å². The molecule has 0 aromatic heterocycles. The van der Waals surface area contributed by atoms with Crippen molar-refractivity contribution in [3.8, 4) is 0 Å². The maximum absolute atomic E-state index is 10.5. The van der Waals surface area contributed by atoms with E-state index < -0.39 is 43.1 Å². The molecule has 0 radical (unpaired) electrons. The van der Waals surface area contributed by atoms with Crippen LogP contribution >= 0.6 is 0 Å². The predicted octanol–water partition coefficient (Wildman–Crippen LogP) is -2.74. The molecule has 82 valence electrons. The molecule has 5 N–H and O–H groups in total. The standard InChI is InChI=1S/C7H12O7/c8-2-4-5(10)3(9)1-7(13,14-4)6(11)12/h3-5,8-10,13H,1-2H2,(H,11,12)/t3?,4?,5-,7+/m0/s1. The van der Waals surface area contributed by atoms with Gasteiger partial charge in [0.1, 0.15) is 12.2 Å². The quantitative estimate of drug-likeness (QED) is 0.333. The number of aliphatic hydroxyl groups is 4. The number of carboxylic acids is 1. The second-order valence-electron chi connectivity index (χ2n) is 3.19. The first-order valence-electron chi connectivity index (χ1n) is 4.01. The minimum absolute atomic E-state index is 0.639. The van der Waals surface area contributed by atoms with Gasteiger partial charge in [0, 0.05) is 6.42 Å². The van der Waals surface area contributed by atoms with Gasteiger partial charge < -0.3 is 30.3 Å². The monoisotopic (exact) mass is 208 g/mol. The van der Waals surface area contributed by atoms with Crippen LogP contribution in [0.2, 0.25) is 0 Å². The normalized spacial score (nSPS) is 43.6. The van der Waals surface area contributed by atoms with Crippen molar-refractivity contribution in [2.75, 3.05) is 6.61 Å². The van der Waals surface area contributed by atoms with E-state index in [1.54, 1.807) is 0 Å². The molecule has 1 aliphatic rings. The van der Waals surface area contributed by atoms with Crippen LogP contribution in [0, 0.1) is 0 Å². The van der Waals surface area contributed by atoms with Gasteiger partial charge in [-0.3, -0.25) is 0 Å². The molecule has 1 saturated heterocycles. The molecule has 0 spiro atoms. The molecule has 2 unspecified atom stereocenters. The lowest BCUT2D eigenvalue weighted by molar-refractivity contribution is -0.298. The van der Waals surface area contributed by atoms with Crippen molar-refractivity contribution < 1.29 is 35.1 Å². The molecule has 4 atom stereocenters. The molecule has 0 amide bonds. The lowest BCUT2D eigenvalue weighted by Crippen LogP contribution is -2.59. The Morgan fingerprint density at radius 3 is 2.50 bits per heavy atom. The number of carboxylic acid groups (broad SMARTS) is 1. The highest BCUT2D eigenvalue weighted by molar-refractivity contribution is 5.75. The molecule has 0 saturated carbocycles. The first-order valence-corrected chi connectivity index (χ1v) is 4.01. The summed E-state index contributed by atoms with van der Waals surface area (Å²) in [6.45, 7) is -0.687. The van der Waals surface area contributed by atoms with Gasteiger partial charge in [-0.15, -0.1) is 0 Å². The summed E-state index contributed by atoms with van der Waals surface area (Å²) in [5.74, 6) is -4.21. The van der Waals surface area contributed by atoms with Crippen LogP contribution in [0.15, 0.2) is 0 Å². The van der Waals surface area contributed by atoms with Crippen molar-refractivity contribution in [3.63, 3.8) is 0 Å². The van der Waals surface area contributed by atoms with E-state index in [-0.39, 0.29) is 0 Å². The van der Waals surface area contributed by atoms with Crippen molar-refractivity contribution in [2.24, 2.45) is 0 Å². The van der Waals surface area contributed by atoms with Crippen LogP contribution in [0.5, 0.6) is 0 Å². The van der Waals surface area contributed by atoms with E-state index in [9.17, 15) is 20.1 Å². The average molecular weight is 208 g/mol. The molecule has 1 aliphatic heterocycles. The molecule has 0 aromatic rings. The van der Waals surface area contributed by atoms with Crippen LogP contribution < -0.4 is 0 Å². The molecule has 0 aliphatic carbocycles. The third kappa shape index (κ3) is 1.86. The van der Waals surface area contributed by atoms with Gasteiger partial charge in [-0.25, -0.2) is 4.79 Å². The van der Waals surface area contributed by atoms with Crippen LogP contribution in [0.3, 0.4) is 0 Å². The summed E-state index contributed by atoms with van der Waals surface area (Å²) in [5, 5.41) is 45.0. The number of aliphatic hydroxyl groups excluding tert-OH is 3. The zero-order valence-electron chi connectivity index (χ0n) is 7.20. The van der Waals surface area contributed by atoms with Gasteiger partial charge in [-0.1, -0.05) is 0 Å². The number of aliphatic carboxylic acids is 1. The fourth-order valence-corrected chi connectivity index (χ4v) is 1.30. The summed E-state index contributed by atoms with van der Waals surface area (Å²) >= 11 is 0. The van der Waals surface area contributed by atoms with Gasteiger partial charge in [0.2, 0.25) is 0 Å². The Hall–Kier alpha value is -0.730. The third-order valence-corrected chi connectivity index (χ3v) is 2.12. The highest BCUT2D eigenvalue weighted by atomic mass is 16.7. The first kappa shape index (κ1) is 11.3. The average Bonchev–Trinajstić information content (AvgIpc) is 2.11. The van der Waals surface area contributed by atoms with Crippen LogP contribution in [0.25, 0.3) is 0 Å². The number of hydrogen-bond donors (Lipinski definition) is 5. The first-order chi connectivity index (χ1) is 6.40. The van der Waals surface area contributed by atoms with E-state index in [0.29, 0.717) is 0 Å². The Morgan fingerprint density at radius 2 is 2.07 bits per heavy atom. The topological polar surface area (TPSA) is 127 Å². The van der Waals surface area contributed by atoms with Gasteiger partial charge in [0.25, 0.3) is 5.79 Å². The van der Waals surface area contributed by atoms with Crippen LogP contribution in [-0.2, 0) is 9.53 Å². The van der Waals surface area contributed by atoms with E-state index in [4.69, 9.17) is 10.2 Å². The van der Waals surface area contributed by atoms with Gasteiger partial charge in [0.15, 0.2) is 0 Å². The molecule has 7 heteroatoms. The van der Waals surface area contributed by atoms with Gasteiger partial charge in [0.05, 0.1) is 12.7 Å². The van der Waals surface area contributed by atoms with Crippen LogP contribution in [0.1, 0.15) is 6.42 Å². The lowest BCUT2D eigenvalue weighted by atomic mass is 9.96. The highest BCUT2D eigenvalue weighted by Gasteiger charge is 2.50. The Bertz CT molecular complexity index is 230. The van der Waals surface area contributed by atoms with Crippen molar-refractivity contribution in [1.82, 2.24) is 0 Å². The highest BCUT2D eigenvalue weighted by Crippen LogP contribution is 2.27. The molecule has 14 heavy (non-hydrogen) atoms. The smallest absolute Gasteiger partial charge is 0.364 e. The molecule has 0 bridgehead atoms. The Labute approximate surface area is 79.2 Å². The van der Waals surface area contributed by atoms with E-state index in [1.807, 2.05) is 0 Å². The van der Waals surface area contributed by atoms with E-state index in [2.05, 4.69) is 4.74 Å². The minimum Gasteiger partial charge on any atom is -0.477 e. The summed E-state index contributed by atoms with van der Waals surface area (Å²) < 4.78 is 4.56. The Balaban J connectivity index is 2.81. The number of hydrogen-bond acceptors (Lipinski definition) is 6. The van der Waals surface area contributed by atoms with Gasteiger partial charge in [-0.2, -0.15) is 0 Å². The van der Waals surface area contributed by atoms with Gasteiger partial charge in [-0.05, 0) is 0 Å². The Kier molecular flexibility index (Phi) is 3.07. The zero-order chi connectivity index (χ0) is 10.9. The minimum atomic E-state index is -2.55. The summed E-state index contributed by atoms with van der Waals surface area (Å²) in [5.41, 5.74) is 0. The fraction of sp³-hybridized carbons (Fsp3) is 0.857.